The van der Waals surface area contributed by atoms with Crippen LogP contribution in [0.5, 0.6) is 0 Å². The van der Waals surface area contributed by atoms with Crippen LogP contribution in [0.4, 0.5) is 0 Å². The van der Waals surface area contributed by atoms with Gasteiger partial charge in [-0.2, -0.15) is 4.89 Å². The lowest BCUT2D eigenvalue weighted by molar-refractivity contribution is -0.267. The van der Waals surface area contributed by atoms with Crippen molar-refractivity contribution < 1.29 is 14.6 Å². The molecule has 0 aliphatic heterocycles. The van der Waals surface area contributed by atoms with Crippen LogP contribution in [0.3, 0.4) is 0 Å². The third-order valence-electron chi connectivity index (χ3n) is 1.03. The molecule has 0 atom stereocenters. The van der Waals surface area contributed by atoms with E-state index in [0.29, 0.717) is 6.61 Å². The van der Waals surface area contributed by atoms with Gasteiger partial charge in [-0.15, -0.1) is 0 Å². The first-order valence-corrected chi connectivity index (χ1v) is 3.77. The average molecular weight is 158 g/mol. The minimum Gasteiger partial charge on any atom is -0.294 e. The third kappa shape index (κ3) is 7.06. The lowest BCUT2D eigenvalue weighted by Gasteiger charge is -1.98. The zero-order chi connectivity index (χ0) is 8.53. The highest BCUT2D eigenvalue weighted by Gasteiger charge is 1.95. The molecular formula is C8H14O3. The molecule has 0 heterocycles. The van der Waals surface area contributed by atoms with E-state index < -0.39 is 5.97 Å². The number of unbranched alkanes of at least 4 members (excludes halogenated alkanes) is 1. The molecule has 0 radical (unpaired) electrons. The Kier molecular flexibility index (Phi) is 6.73. The van der Waals surface area contributed by atoms with Crippen molar-refractivity contribution in [1.82, 2.24) is 0 Å². The summed E-state index contributed by atoms with van der Waals surface area (Å²) >= 11 is 0. The van der Waals surface area contributed by atoms with E-state index in [9.17, 15) is 4.79 Å². The first-order chi connectivity index (χ1) is 5.31. The molecule has 3 heteroatoms. The van der Waals surface area contributed by atoms with Crippen molar-refractivity contribution in [1.29, 1.82) is 0 Å². The molecule has 0 unspecified atom stereocenters. The van der Waals surface area contributed by atoms with Gasteiger partial charge in [0.1, 0.15) is 0 Å². The van der Waals surface area contributed by atoms with Gasteiger partial charge < -0.3 is 0 Å². The molecule has 0 aromatic rings. The number of carbonyl (C=O) groups excluding carboxylic acids is 1. The first kappa shape index (κ1) is 10.2. The van der Waals surface area contributed by atoms with E-state index in [2.05, 4.69) is 9.78 Å². The quantitative estimate of drug-likeness (QED) is 0.265. The summed E-state index contributed by atoms with van der Waals surface area (Å²) in [4.78, 5) is 19.5. The van der Waals surface area contributed by atoms with E-state index in [1.165, 1.54) is 6.08 Å². The van der Waals surface area contributed by atoms with E-state index in [0.717, 1.165) is 12.8 Å². The van der Waals surface area contributed by atoms with E-state index >= 15 is 0 Å². The van der Waals surface area contributed by atoms with Crippen molar-refractivity contribution >= 4 is 5.97 Å². The molecule has 64 valence electrons. The van der Waals surface area contributed by atoms with Gasteiger partial charge in [0, 0.05) is 6.08 Å². The SMILES string of the molecule is C/C=C/C(=O)OOCCCC. The molecule has 0 aromatic heterocycles. The molecule has 0 aromatic carbocycles. The van der Waals surface area contributed by atoms with Gasteiger partial charge in [0.05, 0.1) is 6.61 Å². The lowest BCUT2D eigenvalue weighted by atomic mass is 10.4. The van der Waals surface area contributed by atoms with Gasteiger partial charge in [0.15, 0.2) is 0 Å². The number of hydrogen-bond donors (Lipinski definition) is 0. The summed E-state index contributed by atoms with van der Waals surface area (Å²) in [6.45, 7) is 4.25. The highest BCUT2D eigenvalue weighted by Crippen LogP contribution is 1.89. The van der Waals surface area contributed by atoms with Crippen LogP contribution in [0, 0.1) is 0 Å². The van der Waals surface area contributed by atoms with Gasteiger partial charge in [-0.25, -0.2) is 4.79 Å². The standard InChI is InChI=1S/C8H14O3/c1-3-5-7-10-11-8(9)6-4-2/h4,6H,3,5,7H2,1-2H3/b6-4+. The maximum Gasteiger partial charge on any atom is 0.365 e. The summed E-state index contributed by atoms with van der Waals surface area (Å²) in [6, 6.07) is 0. The fraction of sp³-hybridized carbons (Fsp3) is 0.625. The second-order valence-corrected chi connectivity index (χ2v) is 2.08. The van der Waals surface area contributed by atoms with Gasteiger partial charge in [-0.05, 0) is 13.3 Å². The van der Waals surface area contributed by atoms with Crippen molar-refractivity contribution in [3.8, 4) is 0 Å². The Morgan fingerprint density at radius 3 is 2.82 bits per heavy atom. The topological polar surface area (TPSA) is 35.5 Å². The maximum absolute atomic E-state index is 10.6. The first-order valence-electron chi connectivity index (χ1n) is 3.77. The van der Waals surface area contributed by atoms with Crippen molar-refractivity contribution in [2.24, 2.45) is 0 Å². The monoisotopic (exact) mass is 158 g/mol. The molecular weight excluding hydrogens is 144 g/mol. The zero-order valence-electron chi connectivity index (χ0n) is 7.00. The average Bonchev–Trinajstić information content (AvgIpc) is 1.99. The fourth-order valence-corrected chi connectivity index (χ4v) is 0.467. The minimum absolute atomic E-state index is 0.455. The molecule has 0 saturated heterocycles. The lowest BCUT2D eigenvalue weighted by Crippen LogP contribution is -2.02. The van der Waals surface area contributed by atoms with Crippen molar-refractivity contribution in [3.05, 3.63) is 12.2 Å². The Labute approximate surface area is 66.9 Å². The van der Waals surface area contributed by atoms with Crippen LogP contribution in [-0.2, 0) is 14.6 Å². The summed E-state index contributed by atoms with van der Waals surface area (Å²) < 4.78 is 0. The van der Waals surface area contributed by atoms with Gasteiger partial charge in [-0.3, -0.25) is 4.89 Å². The Bertz CT molecular complexity index is 129. The molecule has 0 aliphatic rings. The van der Waals surface area contributed by atoms with E-state index in [4.69, 9.17) is 0 Å². The van der Waals surface area contributed by atoms with E-state index in [1.54, 1.807) is 13.0 Å². The van der Waals surface area contributed by atoms with Gasteiger partial charge in [0.2, 0.25) is 0 Å². The van der Waals surface area contributed by atoms with E-state index in [-0.39, 0.29) is 0 Å². The largest absolute Gasteiger partial charge is 0.365 e. The highest BCUT2D eigenvalue weighted by molar-refractivity contribution is 5.81. The highest BCUT2D eigenvalue weighted by atomic mass is 17.2. The van der Waals surface area contributed by atoms with Crippen LogP contribution in [0.25, 0.3) is 0 Å². The molecule has 0 amide bonds. The Morgan fingerprint density at radius 2 is 2.27 bits per heavy atom. The van der Waals surface area contributed by atoms with E-state index in [1.807, 2.05) is 6.92 Å². The van der Waals surface area contributed by atoms with Crippen LogP contribution >= 0.6 is 0 Å². The zero-order valence-corrected chi connectivity index (χ0v) is 7.00. The Balaban J connectivity index is 3.17. The normalized spacial score (nSPS) is 10.4. The predicted octanol–water partition coefficient (Wildman–Crippen LogP) is 1.84. The molecule has 11 heavy (non-hydrogen) atoms. The van der Waals surface area contributed by atoms with Gasteiger partial charge >= 0.3 is 5.97 Å². The minimum atomic E-state index is -0.455. The molecule has 0 N–H and O–H groups in total. The maximum atomic E-state index is 10.6. The number of carbonyl (C=O) groups is 1. The summed E-state index contributed by atoms with van der Waals surface area (Å²) in [5.41, 5.74) is 0. The third-order valence-corrected chi connectivity index (χ3v) is 1.03. The summed E-state index contributed by atoms with van der Waals surface area (Å²) in [5, 5.41) is 0. The van der Waals surface area contributed by atoms with Crippen LogP contribution in [-0.4, -0.2) is 12.6 Å². The number of rotatable bonds is 5. The molecule has 3 nitrogen and oxygen atoms in total. The molecule has 0 bridgehead atoms. The number of allylic oxidation sites excluding steroid dienone is 1. The van der Waals surface area contributed by atoms with Crippen molar-refractivity contribution in [3.63, 3.8) is 0 Å². The van der Waals surface area contributed by atoms with Gasteiger partial charge in [-0.1, -0.05) is 19.4 Å². The second kappa shape index (κ2) is 7.28. The molecule has 0 aliphatic carbocycles. The summed E-state index contributed by atoms with van der Waals surface area (Å²) in [7, 11) is 0. The van der Waals surface area contributed by atoms with Crippen LogP contribution in [0.15, 0.2) is 12.2 Å². The van der Waals surface area contributed by atoms with Crippen molar-refractivity contribution in [2.75, 3.05) is 6.61 Å². The summed E-state index contributed by atoms with van der Waals surface area (Å²) in [6.07, 6.45) is 4.85. The second-order valence-electron chi connectivity index (χ2n) is 2.08. The van der Waals surface area contributed by atoms with Crippen LogP contribution in [0.2, 0.25) is 0 Å². The molecule has 0 rings (SSSR count). The fourth-order valence-electron chi connectivity index (χ4n) is 0.467. The smallest absolute Gasteiger partial charge is 0.294 e. The van der Waals surface area contributed by atoms with Gasteiger partial charge in [0.25, 0.3) is 0 Å². The molecule has 0 spiro atoms. The van der Waals surface area contributed by atoms with Crippen molar-refractivity contribution in [2.45, 2.75) is 26.7 Å². The Hall–Kier alpha value is -0.830. The predicted molar refractivity (Wildman–Crippen MR) is 41.8 cm³/mol. The van der Waals surface area contributed by atoms with Crippen LogP contribution < -0.4 is 0 Å². The Morgan fingerprint density at radius 1 is 1.55 bits per heavy atom. The molecule has 0 saturated carbocycles. The van der Waals surface area contributed by atoms with Crippen LogP contribution in [0.1, 0.15) is 26.7 Å². The molecule has 0 fully saturated rings. The summed E-state index contributed by atoms with van der Waals surface area (Å²) in [5.74, 6) is -0.455. The number of hydrogen-bond acceptors (Lipinski definition) is 3.